The summed E-state index contributed by atoms with van der Waals surface area (Å²) in [4.78, 5) is 44.1. The number of unbranched alkanes of at least 4 members (excludes halogenated alkanes) is 1. The first-order chi connectivity index (χ1) is 22.1. The second-order valence-corrected chi connectivity index (χ2v) is 14.1. The number of carbonyl (C=O) groups is 2. The number of aromatic nitrogens is 1. The number of fused-ring (bicyclic) bond motifs is 1. The van der Waals surface area contributed by atoms with Crippen LogP contribution in [-0.4, -0.2) is 54.5 Å². The number of hydrogen-bond acceptors (Lipinski definition) is 7. The first-order valence-corrected chi connectivity index (χ1v) is 17.0. The predicted molar refractivity (Wildman–Crippen MR) is 180 cm³/mol. The van der Waals surface area contributed by atoms with Crippen LogP contribution in [0.1, 0.15) is 83.4 Å². The number of aliphatic carboxylic acids is 1. The Balaban J connectivity index is 1.32. The number of sulfonamides is 1. The topological polar surface area (TPSA) is 193 Å². The number of nitrogens with zero attached hydrogens (tertiary/aromatic N) is 1. The van der Waals surface area contributed by atoms with Gasteiger partial charge < -0.3 is 25.9 Å². The molecule has 0 saturated heterocycles. The number of carboxylic acid groups (broad SMARTS) is 1. The Kier molecular flexibility index (Phi) is 10.8. The molecule has 0 unspecified atom stereocenters. The summed E-state index contributed by atoms with van der Waals surface area (Å²) in [5, 5.41) is 12.1. The number of nitrogens with one attached hydrogen (secondary N) is 3. The SMILES string of the molecule is Cc1c(C)c(S(=O)(=O)NC(N)=NCCCC[C@H](NC(=O)c2ccc(Cc3ccccc3)[nH]c2=O)C(=O)O)c(C)c2c1OC(C)(C)CC2. The summed E-state index contributed by atoms with van der Waals surface area (Å²) in [5.41, 5.74) is 9.25. The molecule has 0 bridgehead atoms. The van der Waals surface area contributed by atoms with E-state index < -0.39 is 33.5 Å². The molecule has 0 aliphatic carbocycles. The fraction of sp³-hybridized carbons (Fsp3) is 0.412. The van der Waals surface area contributed by atoms with Gasteiger partial charge in [-0.3, -0.25) is 14.6 Å². The molecule has 1 amide bonds. The average molecular weight is 666 g/mol. The molecule has 0 saturated carbocycles. The minimum absolute atomic E-state index is 0.0674. The van der Waals surface area contributed by atoms with Crippen molar-refractivity contribution in [2.75, 3.05) is 6.54 Å². The molecule has 6 N–H and O–H groups in total. The highest BCUT2D eigenvalue weighted by Gasteiger charge is 2.33. The van der Waals surface area contributed by atoms with Gasteiger partial charge in [-0.05, 0) is 107 Å². The van der Waals surface area contributed by atoms with E-state index in [1.807, 2.05) is 51.1 Å². The van der Waals surface area contributed by atoms with E-state index in [1.165, 1.54) is 6.07 Å². The maximum atomic E-state index is 13.4. The normalized spacial score (nSPS) is 14.9. The molecular formula is C34H43N5O7S. The number of benzene rings is 2. The number of aliphatic imine (C=N–C) groups is 1. The van der Waals surface area contributed by atoms with Crippen LogP contribution in [-0.2, 0) is 27.7 Å². The van der Waals surface area contributed by atoms with Gasteiger partial charge in [-0.25, -0.2) is 17.9 Å². The lowest BCUT2D eigenvalue weighted by Crippen LogP contribution is -2.42. The lowest BCUT2D eigenvalue weighted by Gasteiger charge is -2.35. The molecule has 4 rings (SSSR count). The number of guanidine groups is 1. The molecule has 13 heteroatoms. The van der Waals surface area contributed by atoms with Crippen molar-refractivity contribution in [2.24, 2.45) is 10.7 Å². The first kappa shape index (κ1) is 35.2. The molecule has 2 aromatic carbocycles. The summed E-state index contributed by atoms with van der Waals surface area (Å²) >= 11 is 0. The zero-order valence-corrected chi connectivity index (χ0v) is 28.2. The van der Waals surface area contributed by atoms with Crippen LogP contribution < -0.4 is 26.1 Å². The van der Waals surface area contributed by atoms with E-state index in [-0.39, 0.29) is 35.0 Å². The van der Waals surface area contributed by atoms with Crippen molar-refractivity contribution in [2.45, 2.75) is 89.7 Å². The fourth-order valence-electron chi connectivity index (χ4n) is 5.74. The van der Waals surface area contributed by atoms with Crippen LogP contribution in [0, 0.1) is 20.8 Å². The third-order valence-electron chi connectivity index (χ3n) is 8.41. The molecule has 1 aromatic heterocycles. The Morgan fingerprint density at radius 3 is 2.43 bits per heavy atom. The predicted octanol–water partition coefficient (Wildman–Crippen LogP) is 3.64. The zero-order valence-electron chi connectivity index (χ0n) is 27.4. The fourth-order valence-corrected chi connectivity index (χ4v) is 7.26. The van der Waals surface area contributed by atoms with Crippen molar-refractivity contribution in [1.82, 2.24) is 15.0 Å². The summed E-state index contributed by atoms with van der Waals surface area (Å²) < 4.78 is 35.4. The Morgan fingerprint density at radius 2 is 1.77 bits per heavy atom. The van der Waals surface area contributed by atoms with Gasteiger partial charge in [0, 0.05) is 18.7 Å². The molecule has 0 fully saturated rings. The van der Waals surface area contributed by atoms with Gasteiger partial charge in [0.2, 0.25) is 5.96 Å². The molecule has 1 aliphatic heterocycles. The van der Waals surface area contributed by atoms with E-state index in [0.717, 1.165) is 28.9 Å². The van der Waals surface area contributed by atoms with Crippen LogP contribution in [0.15, 0.2) is 57.1 Å². The molecule has 2 heterocycles. The second-order valence-electron chi connectivity index (χ2n) is 12.5. The smallest absolute Gasteiger partial charge is 0.326 e. The van der Waals surface area contributed by atoms with Crippen LogP contribution in [0.25, 0.3) is 0 Å². The van der Waals surface area contributed by atoms with Gasteiger partial charge in [0.15, 0.2) is 0 Å². The van der Waals surface area contributed by atoms with Crippen LogP contribution >= 0.6 is 0 Å². The molecular weight excluding hydrogens is 622 g/mol. The number of ether oxygens (including phenoxy) is 1. The number of carboxylic acids is 1. The third-order valence-corrected chi connectivity index (χ3v) is 10.0. The van der Waals surface area contributed by atoms with E-state index in [1.54, 1.807) is 19.9 Å². The number of hydrogen-bond donors (Lipinski definition) is 5. The van der Waals surface area contributed by atoms with Crippen molar-refractivity contribution in [1.29, 1.82) is 0 Å². The highest BCUT2D eigenvalue weighted by molar-refractivity contribution is 7.90. The van der Waals surface area contributed by atoms with Gasteiger partial charge in [-0.1, -0.05) is 30.3 Å². The number of pyridine rings is 1. The van der Waals surface area contributed by atoms with Crippen LogP contribution in [0.4, 0.5) is 0 Å². The van der Waals surface area contributed by atoms with E-state index >= 15 is 0 Å². The number of rotatable bonds is 12. The van der Waals surface area contributed by atoms with Crippen molar-refractivity contribution in [3.05, 3.63) is 91.9 Å². The largest absolute Gasteiger partial charge is 0.487 e. The summed E-state index contributed by atoms with van der Waals surface area (Å²) in [7, 11) is -4.05. The third kappa shape index (κ3) is 8.59. The molecule has 47 heavy (non-hydrogen) atoms. The van der Waals surface area contributed by atoms with Crippen LogP contribution in [0.2, 0.25) is 0 Å². The summed E-state index contributed by atoms with van der Waals surface area (Å²) in [6.45, 7) is 9.50. The van der Waals surface area contributed by atoms with Gasteiger partial charge >= 0.3 is 5.97 Å². The van der Waals surface area contributed by atoms with E-state index in [0.29, 0.717) is 42.5 Å². The number of nitrogens with two attached hydrogens (primary N) is 1. The Morgan fingerprint density at radius 1 is 1.06 bits per heavy atom. The monoisotopic (exact) mass is 665 g/mol. The van der Waals surface area contributed by atoms with E-state index in [4.69, 9.17) is 10.5 Å². The molecule has 3 aromatic rings. The van der Waals surface area contributed by atoms with Gasteiger partial charge in [-0.2, -0.15) is 0 Å². The van der Waals surface area contributed by atoms with E-state index in [2.05, 4.69) is 20.0 Å². The number of aromatic amines is 1. The van der Waals surface area contributed by atoms with Crippen LogP contribution in [0.5, 0.6) is 5.75 Å². The zero-order chi connectivity index (χ0) is 34.5. The molecule has 0 radical (unpaired) electrons. The highest BCUT2D eigenvalue weighted by atomic mass is 32.2. The van der Waals surface area contributed by atoms with Gasteiger partial charge in [0.05, 0.1) is 4.90 Å². The Bertz CT molecular complexity index is 1850. The Labute approximate surface area is 274 Å². The second kappa shape index (κ2) is 14.4. The number of H-pyrrole nitrogens is 1. The lowest BCUT2D eigenvalue weighted by atomic mass is 9.88. The molecule has 12 nitrogen and oxygen atoms in total. The molecule has 1 aliphatic rings. The number of amides is 1. The minimum atomic E-state index is -4.05. The van der Waals surface area contributed by atoms with Gasteiger partial charge in [0.25, 0.3) is 21.5 Å². The highest BCUT2D eigenvalue weighted by Crippen LogP contribution is 2.42. The maximum absolute atomic E-state index is 13.4. The molecule has 252 valence electrons. The van der Waals surface area contributed by atoms with Gasteiger partial charge in [-0.15, -0.1) is 0 Å². The Hall–Kier alpha value is -4.65. The van der Waals surface area contributed by atoms with Crippen molar-refractivity contribution < 1.29 is 27.9 Å². The summed E-state index contributed by atoms with van der Waals surface area (Å²) in [6, 6.07) is 11.3. The minimum Gasteiger partial charge on any atom is -0.487 e. The first-order valence-electron chi connectivity index (χ1n) is 15.5. The quantitative estimate of drug-likeness (QED) is 0.110. The van der Waals surface area contributed by atoms with Crippen molar-refractivity contribution in [3.63, 3.8) is 0 Å². The van der Waals surface area contributed by atoms with E-state index in [9.17, 15) is 27.9 Å². The standard InChI is InChI=1S/C34H43N5O7S/c1-20-21(2)29(22(3)25-16-17-34(4,5)46-28(20)25)47(44,45)39-33(35)36-18-10-9-13-27(32(42)43)38-31(41)26-15-14-24(37-30(26)40)19-23-11-7-6-8-12-23/h6-8,11-12,14-15,27H,9-10,13,16-19H2,1-5H3,(H,37,40)(H,38,41)(H,42,43)(H3,35,36,39)/t27-/m0/s1. The van der Waals surface area contributed by atoms with Crippen molar-refractivity contribution in [3.8, 4) is 5.75 Å². The maximum Gasteiger partial charge on any atom is 0.326 e. The van der Waals surface area contributed by atoms with Crippen molar-refractivity contribution >= 4 is 27.9 Å². The molecule has 1 atom stereocenters. The van der Waals surface area contributed by atoms with Gasteiger partial charge in [0.1, 0.15) is 23.0 Å². The summed E-state index contributed by atoms with van der Waals surface area (Å²) in [6.07, 6.45) is 2.71. The lowest BCUT2D eigenvalue weighted by molar-refractivity contribution is -0.139. The summed E-state index contributed by atoms with van der Waals surface area (Å²) in [5.74, 6) is -1.59. The van der Waals surface area contributed by atoms with Crippen LogP contribution in [0.3, 0.4) is 0 Å². The average Bonchev–Trinajstić information content (AvgIpc) is 2.98. The number of carbonyl (C=O) groups excluding carboxylic acids is 1. The molecule has 0 spiro atoms.